The Morgan fingerprint density at radius 3 is 2.55 bits per heavy atom. The molecule has 3 nitrogen and oxygen atoms in total. The quantitative estimate of drug-likeness (QED) is 0.861. The van der Waals surface area contributed by atoms with Gasteiger partial charge in [-0.2, -0.15) is 0 Å². The molecule has 2 rings (SSSR count). The molecule has 0 spiro atoms. The van der Waals surface area contributed by atoms with Crippen LogP contribution in [0.25, 0.3) is 0 Å². The summed E-state index contributed by atoms with van der Waals surface area (Å²) in [6.07, 6.45) is 5.87. The van der Waals surface area contributed by atoms with Gasteiger partial charge in [0.25, 0.3) is 5.91 Å². The van der Waals surface area contributed by atoms with Crippen LogP contribution in [0.3, 0.4) is 0 Å². The van der Waals surface area contributed by atoms with Gasteiger partial charge in [-0.05, 0) is 51.2 Å². The summed E-state index contributed by atoms with van der Waals surface area (Å²) in [6.45, 7) is 10.8. The number of unbranched alkanes of at least 4 members (excludes halogenated alkanes) is 1. The minimum atomic E-state index is 0.125. The number of aryl methyl sites for hydroxylation is 3. The maximum atomic E-state index is 12.8. The summed E-state index contributed by atoms with van der Waals surface area (Å²) >= 11 is 0. The Bertz CT molecular complexity index is 501. The normalized spacial score (nSPS) is 21.6. The van der Waals surface area contributed by atoms with Gasteiger partial charge in [0.2, 0.25) is 0 Å². The van der Waals surface area contributed by atoms with Gasteiger partial charge in [0.05, 0.1) is 13.1 Å². The molecule has 1 heterocycles. The lowest BCUT2D eigenvalue weighted by atomic mass is 9.99. The molecule has 1 amide bonds. The van der Waals surface area contributed by atoms with E-state index in [4.69, 9.17) is 0 Å². The third-order valence-electron chi connectivity index (χ3n) is 4.83. The summed E-state index contributed by atoms with van der Waals surface area (Å²) in [5.74, 6) is 0.209. The van der Waals surface area contributed by atoms with Crippen molar-refractivity contribution in [1.29, 1.82) is 0 Å². The molecule has 2 atom stereocenters. The number of anilines is 1. The minimum Gasteiger partial charge on any atom is -0.325 e. The number of carbonyl (C=O) groups excluding carboxylic acids is 1. The van der Waals surface area contributed by atoms with Gasteiger partial charge in [-0.1, -0.05) is 31.0 Å². The fourth-order valence-electron chi connectivity index (χ4n) is 3.69. The van der Waals surface area contributed by atoms with E-state index in [0.717, 1.165) is 36.3 Å². The van der Waals surface area contributed by atoms with E-state index in [1.165, 1.54) is 36.1 Å². The molecule has 122 valence electrons. The highest BCUT2D eigenvalue weighted by atomic mass is 16.2. The molecule has 2 unspecified atom stereocenters. The molecular formula is C19H31N2O+. The smallest absolute Gasteiger partial charge is 0.282 e. The first kappa shape index (κ1) is 17.0. The predicted octanol–water partition coefficient (Wildman–Crippen LogP) is 2.79. The van der Waals surface area contributed by atoms with E-state index < -0.39 is 0 Å². The summed E-state index contributed by atoms with van der Waals surface area (Å²) in [5.41, 5.74) is 4.59. The summed E-state index contributed by atoms with van der Waals surface area (Å²) in [4.78, 5) is 14.3. The molecule has 22 heavy (non-hydrogen) atoms. The standard InChI is InChI=1S/C19H30N2O/c1-5-6-10-21-11-8-7-9-17(21)19(22)20-18-15(3)12-14(2)13-16(18)4/h12-13,17H,5-11H2,1-4H3,(H,20,22)/p+1. The SMILES string of the molecule is CCCC[NH+]1CCCCC1C(=O)Nc1c(C)cc(C)cc1C. The maximum absolute atomic E-state index is 12.8. The fourth-order valence-corrected chi connectivity index (χ4v) is 3.69. The largest absolute Gasteiger partial charge is 0.325 e. The number of amides is 1. The van der Waals surface area contributed by atoms with E-state index in [9.17, 15) is 4.79 Å². The van der Waals surface area contributed by atoms with Crippen molar-refractivity contribution in [3.8, 4) is 0 Å². The Balaban J connectivity index is 2.10. The van der Waals surface area contributed by atoms with Crippen LogP contribution in [-0.4, -0.2) is 25.0 Å². The van der Waals surface area contributed by atoms with Crippen LogP contribution in [0.4, 0.5) is 5.69 Å². The summed E-state index contributed by atoms with van der Waals surface area (Å²) in [6, 6.07) is 4.41. The molecule has 1 saturated heterocycles. The third-order valence-corrected chi connectivity index (χ3v) is 4.83. The molecule has 1 aromatic carbocycles. The van der Waals surface area contributed by atoms with E-state index in [-0.39, 0.29) is 11.9 Å². The van der Waals surface area contributed by atoms with E-state index in [2.05, 4.69) is 45.1 Å². The van der Waals surface area contributed by atoms with Gasteiger partial charge in [-0.15, -0.1) is 0 Å². The van der Waals surface area contributed by atoms with Crippen LogP contribution in [-0.2, 0) is 4.79 Å². The fraction of sp³-hybridized carbons (Fsp3) is 0.632. The van der Waals surface area contributed by atoms with Crippen LogP contribution in [0.1, 0.15) is 55.7 Å². The number of likely N-dealkylation sites (tertiary alicyclic amines) is 1. The highest BCUT2D eigenvalue weighted by Gasteiger charge is 2.32. The first-order chi connectivity index (χ1) is 10.5. The van der Waals surface area contributed by atoms with Gasteiger partial charge < -0.3 is 10.2 Å². The molecule has 0 radical (unpaired) electrons. The first-order valence-electron chi connectivity index (χ1n) is 8.76. The molecular weight excluding hydrogens is 272 g/mol. The number of piperidine rings is 1. The van der Waals surface area contributed by atoms with Crippen LogP contribution in [0.2, 0.25) is 0 Å². The van der Waals surface area contributed by atoms with Crippen LogP contribution >= 0.6 is 0 Å². The number of hydrogen-bond donors (Lipinski definition) is 2. The highest BCUT2D eigenvalue weighted by Crippen LogP contribution is 2.22. The second-order valence-corrected chi connectivity index (χ2v) is 6.82. The minimum absolute atomic E-state index is 0.125. The van der Waals surface area contributed by atoms with E-state index >= 15 is 0 Å². The van der Waals surface area contributed by atoms with E-state index in [1.807, 2.05) is 0 Å². The zero-order valence-electron chi connectivity index (χ0n) is 14.6. The van der Waals surface area contributed by atoms with Crippen LogP contribution in [0, 0.1) is 20.8 Å². The molecule has 1 aromatic rings. The average molecular weight is 303 g/mol. The Morgan fingerprint density at radius 2 is 1.91 bits per heavy atom. The number of benzene rings is 1. The van der Waals surface area contributed by atoms with Crippen molar-refractivity contribution >= 4 is 11.6 Å². The summed E-state index contributed by atoms with van der Waals surface area (Å²) < 4.78 is 0. The average Bonchev–Trinajstić information content (AvgIpc) is 2.48. The highest BCUT2D eigenvalue weighted by molar-refractivity contribution is 5.95. The Labute approximate surface area is 135 Å². The van der Waals surface area contributed by atoms with E-state index in [1.54, 1.807) is 0 Å². The zero-order chi connectivity index (χ0) is 16.1. The lowest BCUT2D eigenvalue weighted by Gasteiger charge is -2.32. The Kier molecular flexibility index (Phi) is 6.01. The number of hydrogen-bond acceptors (Lipinski definition) is 1. The summed E-state index contributed by atoms with van der Waals surface area (Å²) in [5, 5.41) is 3.22. The van der Waals surface area contributed by atoms with Crippen molar-refractivity contribution in [2.75, 3.05) is 18.4 Å². The topological polar surface area (TPSA) is 33.5 Å². The van der Waals surface area contributed by atoms with Crippen molar-refractivity contribution in [2.45, 2.75) is 65.8 Å². The monoisotopic (exact) mass is 303 g/mol. The van der Waals surface area contributed by atoms with Crippen LogP contribution in [0.5, 0.6) is 0 Å². The van der Waals surface area contributed by atoms with Crippen molar-refractivity contribution in [3.63, 3.8) is 0 Å². The number of quaternary nitrogens is 1. The van der Waals surface area contributed by atoms with Crippen molar-refractivity contribution in [3.05, 3.63) is 28.8 Å². The molecule has 1 aliphatic heterocycles. The second kappa shape index (κ2) is 7.77. The van der Waals surface area contributed by atoms with Gasteiger partial charge in [-0.3, -0.25) is 4.79 Å². The molecule has 0 saturated carbocycles. The molecule has 3 heteroatoms. The maximum Gasteiger partial charge on any atom is 0.282 e. The third kappa shape index (κ3) is 4.10. The Morgan fingerprint density at radius 1 is 1.23 bits per heavy atom. The van der Waals surface area contributed by atoms with Gasteiger partial charge >= 0.3 is 0 Å². The Hall–Kier alpha value is -1.35. The number of carbonyl (C=O) groups is 1. The molecule has 1 fully saturated rings. The van der Waals surface area contributed by atoms with Gasteiger partial charge in [-0.25, -0.2) is 0 Å². The first-order valence-corrected chi connectivity index (χ1v) is 8.76. The van der Waals surface area contributed by atoms with Crippen molar-refractivity contribution in [1.82, 2.24) is 0 Å². The van der Waals surface area contributed by atoms with Gasteiger partial charge in [0, 0.05) is 12.1 Å². The van der Waals surface area contributed by atoms with Crippen LogP contribution in [0.15, 0.2) is 12.1 Å². The number of rotatable bonds is 5. The predicted molar refractivity (Wildman–Crippen MR) is 92.5 cm³/mol. The summed E-state index contributed by atoms with van der Waals surface area (Å²) in [7, 11) is 0. The van der Waals surface area contributed by atoms with Crippen LogP contribution < -0.4 is 10.2 Å². The van der Waals surface area contributed by atoms with Gasteiger partial charge in [0.15, 0.2) is 6.04 Å². The molecule has 0 aromatic heterocycles. The molecule has 1 aliphatic rings. The van der Waals surface area contributed by atoms with Crippen molar-refractivity contribution < 1.29 is 9.69 Å². The molecule has 2 N–H and O–H groups in total. The lowest BCUT2D eigenvalue weighted by Crippen LogP contribution is -3.17. The second-order valence-electron chi connectivity index (χ2n) is 6.82. The molecule has 0 bridgehead atoms. The van der Waals surface area contributed by atoms with Gasteiger partial charge in [0.1, 0.15) is 0 Å². The zero-order valence-corrected chi connectivity index (χ0v) is 14.6. The number of nitrogens with one attached hydrogen (secondary N) is 2. The van der Waals surface area contributed by atoms with E-state index in [0.29, 0.717) is 0 Å². The molecule has 0 aliphatic carbocycles. The lowest BCUT2D eigenvalue weighted by molar-refractivity contribution is -0.921. The van der Waals surface area contributed by atoms with Crippen molar-refractivity contribution in [2.24, 2.45) is 0 Å².